The summed E-state index contributed by atoms with van der Waals surface area (Å²) < 4.78 is 10.6. The number of thiocarbonyl (C=S) groups is 1. The molecular weight excluding hydrogens is 334 g/mol. The standard InChI is InChI=1S/C17H18ClNO3S/c1-10-12(7-8-21-10)15(23)19-11-5-6-14(18)13(9-11)16(20)22-17(2,3)4/h5-9H,1-4H3,(H,19,23). The molecule has 1 aromatic heterocycles. The van der Waals surface area contributed by atoms with Crippen LogP contribution in [-0.2, 0) is 4.74 Å². The Morgan fingerprint density at radius 3 is 2.52 bits per heavy atom. The third-order valence-corrected chi connectivity index (χ3v) is 3.60. The predicted molar refractivity (Wildman–Crippen MR) is 95.4 cm³/mol. The number of furan rings is 1. The van der Waals surface area contributed by atoms with Gasteiger partial charge < -0.3 is 14.5 Å². The molecule has 2 rings (SSSR count). The molecule has 4 nitrogen and oxygen atoms in total. The predicted octanol–water partition coefficient (Wildman–Crippen LogP) is 4.98. The number of nitrogens with one attached hydrogen (secondary N) is 1. The van der Waals surface area contributed by atoms with Gasteiger partial charge in [-0.1, -0.05) is 23.8 Å². The first-order chi connectivity index (χ1) is 10.7. The highest BCUT2D eigenvalue weighted by molar-refractivity contribution is 7.81. The van der Waals surface area contributed by atoms with Crippen molar-refractivity contribution in [3.63, 3.8) is 0 Å². The molecule has 0 unspecified atom stereocenters. The van der Waals surface area contributed by atoms with Crippen LogP contribution >= 0.6 is 23.8 Å². The van der Waals surface area contributed by atoms with Gasteiger partial charge in [-0.15, -0.1) is 0 Å². The van der Waals surface area contributed by atoms with Crippen molar-refractivity contribution in [3.8, 4) is 0 Å². The number of ether oxygens (including phenoxy) is 1. The lowest BCUT2D eigenvalue weighted by Gasteiger charge is -2.20. The SMILES string of the molecule is Cc1occc1C(=S)Nc1ccc(Cl)c(C(=O)OC(C)(C)C)c1. The van der Waals surface area contributed by atoms with Crippen molar-refractivity contribution in [1.29, 1.82) is 0 Å². The van der Waals surface area contributed by atoms with E-state index < -0.39 is 11.6 Å². The Balaban J connectivity index is 2.22. The molecule has 6 heteroatoms. The number of halogens is 1. The van der Waals surface area contributed by atoms with Crippen LogP contribution in [0.1, 0.15) is 42.5 Å². The van der Waals surface area contributed by atoms with E-state index in [1.54, 1.807) is 51.3 Å². The summed E-state index contributed by atoms with van der Waals surface area (Å²) in [5.41, 5.74) is 1.15. The molecule has 0 saturated heterocycles. The van der Waals surface area contributed by atoms with Gasteiger partial charge in [0.05, 0.1) is 22.4 Å². The monoisotopic (exact) mass is 351 g/mol. The molecule has 23 heavy (non-hydrogen) atoms. The smallest absolute Gasteiger partial charge is 0.340 e. The zero-order chi connectivity index (χ0) is 17.2. The molecule has 122 valence electrons. The molecule has 2 aromatic rings. The average molecular weight is 352 g/mol. The molecule has 0 saturated carbocycles. The number of benzene rings is 1. The summed E-state index contributed by atoms with van der Waals surface area (Å²) in [6, 6.07) is 6.79. The van der Waals surface area contributed by atoms with Gasteiger partial charge in [-0.2, -0.15) is 0 Å². The molecule has 1 aromatic carbocycles. The van der Waals surface area contributed by atoms with Crippen molar-refractivity contribution < 1.29 is 13.9 Å². The van der Waals surface area contributed by atoms with Crippen molar-refractivity contribution in [2.45, 2.75) is 33.3 Å². The first kappa shape index (κ1) is 17.5. The number of hydrogen-bond donors (Lipinski definition) is 1. The van der Waals surface area contributed by atoms with Crippen LogP contribution in [0.3, 0.4) is 0 Å². The molecule has 0 fully saturated rings. The number of carbonyl (C=O) groups is 1. The van der Waals surface area contributed by atoms with E-state index in [9.17, 15) is 4.79 Å². The Kier molecular flexibility index (Phi) is 5.12. The largest absolute Gasteiger partial charge is 0.469 e. The Morgan fingerprint density at radius 1 is 1.26 bits per heavy atom. The fourth-order valence-corrected chi connectivity index (χ4v) is 2.44. The van der Waals surface area contributed by atoms with Crippen LogP contribution in [-0.4, -0.2) is 16.6 Å². The molecule has 1 N–H and O–H groups in total. The van der Waals surface area contributed by atoms with Gasteiger partial charge in [0.2, 0.25) is 0 Å². The molecule has 0 aliphatic carbocycles. The summed E-state index contributed by atoms with van der Waals surface area (Å²) in [4.78, 5) is 12.7. The second kappa shape index (κ2) is 6.72. The van der Waals surface area contributed by atoms with Gasteiger partial charge in [-0.05, 0) is 52.0 Å². The van der Waals surface area contributed by atoms with Crippen LogP contribution in [0, 0.1) is 6.92 Å². The van der Waals surface area contributed by atoms with Gasteiger partial charge in [0.15, 0.2) is 0 Å². The van der Waals surface area contributed by atoms with E-state index in [4.69, 9.17) is 33.0 Å². The molecule has 0 bridgehead atoms. The topological polar surface area (TPSA) is 51.5 Å². The van der Waals surface area contributed by atoms with Gasteiger partial charge in [0.1, 0.15) is 16.3 Å². The van der Waals surface area contributed by atoms with Gasteiger partial charge in [-0.25, -0.2) is 4.79 Å². The number of aryl methyl sites for hydroxylation is 1. The van der Waals surface area contributed by atoms with Crippen LogP contribution in [0.4, 0.5) is 5.69 Å². The van der Waals surface area contributed by atoms with Gasteiger partial charge in [-0.3, -0.25) is 0 Å². The fraction of sp³-hybridized carbons (Fsp3) is 0.294. The van der Waals surface area contributed by atoms with E-state index in [0.29, 0.717) is 21.3 Å². The highest BCUT2D eigenvalue weighted by atomic mass is 35.5. The quantitative estimate of drug-likeness (QED) is 0.624. The second-order valence-electron chi connectivity index (χ2n) is 6.04. The zero-order valence-electron chi connectivity index (χ0n) is 13.4. The van der Waals surface area contributed by atoms with Gasteiger partial charge in [0.25, 0.3) is 0 Å². The molecule has 0 aliphatic heterocycles. The van der Waals surface area contributed by atoms with Crippen molar-refractivity contribution in [3.05, 3.63) is 52.4 Å². The lowest BCUT2D eigenvalue weighted by molar-refractivity contribution is 0.00698. The van der Waals surface area contributed by atoms with E-state index in [1.807, 2.05) is 6.92 Å². The first-order valence-corrected chi connectivity index (χ1v) is 7.84. The van der Waals surface area contributed by atoms with Crippen molar-refractivity contribution in [2.24, 2.45) is 0 Å². The van der Waals surface area contributed by atoms with Crippen molar-refractivity contribution >= 4 is 40.5 Å². The van der Waals surface area contributed by atoms with Crippen LogP contribution in [0.25, 0.3) is 0 Å². The Bertz CT molecular complexity index is 747. The van der Waals surface area contributed by atoms with Crippen LogP contribution in [0.2, 0.25) is 5.02 Å². The highest BCUT2D eigenvalue weighted by Crippen LogP contribution is 2.24. The van der Waals surface area contributed by atoms with E-state index in [-0.39, 0.29) is 0 Å². The van der Waals surface area contributed by atoms with Gasteiger partial charge in [0, 0.05) is 5.69 Å². The Morgan fingerprint density at radius 2 is 1.96 bits per heavy atom. The van der Waals surface area contributed by atoms with E-state index in [0.717, 1.165) is 11.3 Å². The van der Waals surface area contributed by atoms with Crippen LogP contribution < -0.4 is 5.32 Å². The molecule has 0 spiro atoms. The summed E-state index contributed by atoms with van der Waals surface area (Å²) in [6.45, 7) is 7.24. The molecule has 0 aliphatic rings. The highest BCUT2D eigenvalue weighted by Gasteiger charge is 2.20. The minimum absolute atomic E-state index is 0.290. The van der Waals surface area contributed by atoms with E-state index in [1.165, 1.54) is 0 Å². The number of anilines is 1. The maximum absolute atomic E-state index is 12.2. The Hall–Kier alpha value is -1.85. The minimum Gasteiger partial charge on any atom is -0.469 e. The normalized spacial score (nSPS) is 11.2. The van der Waals surface area contributed by atoms with Crippen molar-refractivity contribution in [2.75, 3.05) is 5.32 Å². The number of rotatable bonds is 3. The third-order valence-electron chi connectivity index (χ3n) is 2.95. The number of hydrogen-bond acceptors (Lipinski definition) is 4. The summed E-state index contributed by atoms with van der Waals surface area (Å²) >= 11 is 11.5. The number of esters is 1. The van der Waals surface area contributed by atoms with Crippen LogP contribution in [0.15, 0.2) is 34.9 Å². The summed E-state index contributed by atoms with van der Waals surface area (Å²) in [5, 5.41) is 3.40. The average Bonchev–Trinajstić information content (AvgIpc) is 2.85. The summed E-state index contributed by atoms with van der Waals surface area (Å²) in [7, 11) is 0. The molecule has 0 atom stereocenters. The second-order valence-corrected chi connectivity index (χ2v) is 6.86. The molecule has 1 heterocycles. The summed E-state index contributed by atoms with van der Waals surface area (Å²) in [5.74, 6) is 0.250. The van der Waals surface area contributed by atoms with E-state index >= 15 is 0 Å². The zero-order valence-corrected chi connectivity index (χ0v) is 15.0. The minimum atomic E-state index is -0.590. The lowest BCUT2D eigenvalue weighted by Crippen LogP contribution is -2.24. The van der Waals surface area contributed by atoms with Crippen molar-refractivity contribution in [1.82, 2.24) is 0 Å². The number of carbonyl (C=O) groups excluding carboxylic acids is 1. The summed E-state index contributed by atoms with van der Waals surface area (Å²) in [6.07, 6.45) is 1.58. The lowest BCUT2D eigenvalue weighted by atomic mass is 10.1. The Labute approximate surface area is 145 Å². The molecular formula is C17H18ClNO3S. The first-order valence-electron chi connectivity index (χ1n) is 7.06. The molecule has 0 amide bonds. The maximum atomic E-state index is 12.2. The maximum Gasteiger partial charge on any atom is 0.340 e. The van der Waals surface area contributed by atoms with E-state index in [2.05, 4.69) is 5.32 Å². The third kappa shape index (κ3) is 4.56. The fourth-order valence-electron chi connectivity index (χ4n) is 1.91. The molecule has 0 radical (unpaired) electrons. The van der Waals surface area contributed by atoms with Crippen LogP contribution in [0.5, 0.6) is 0 Å². The van der Waals surface area contributed by atoms with Gasteiger partial charge >= 0.3 is 5.97 Å².